The summed E-state index contributed by atoms with van der Waals surface area (Å²) < 4.78 is 131. The van der Waals surface area contributed by atoms with Crippen molar-refractivity contribution in [2.45, 2.75) is 26.5 Å². The highest BCUT2D eigenvalue weighted by atomic mass is 32.2. The Morgan fingerprint density at radius 2 is 0.836 bits per heavy atom. The van der Waals surface area contributed by atoms with E-state index in [0.717, 1.165) is 36.4 Å². The Morgan fingerprint density at radius 3 is 1.27 bits per heavy atom. The van der Waals surface area contributed by atoms with Crippen LogP contribution in [-0.4, -0.2) is 56.9 Å². The quantitative estimate of drug-likeness (QED) is 0.0436. The largest absolute Gasteiger partial charge is 0.339 e. The molecular formula is C41H30N10O12S4. The Kier molecular flexibility index (Phi) is 13.1. The predicted molar refractivity (Wildman–Crippen MR) is 242 cm³/mol. The van der Waals surface area contributed by atoms with Crippen molar-refractivity contribution in [3.05, 3.63) is 139 Å². The summed E-state index contributed by atoms with van der Waals surface area (Å²) in [5.74, 6) is 0.0578. The van der Waals surface area contributed by atoms with Crippen molar-refractivity contribution < 1.29 is 51.9 Å². The molecule has 67 heavy (non-hydrogen) atoms. The van der Waals surface area contributed by atoms with E-state index < -0.39 is 45.4 Å². The molecular weight excluding hydrogens is 953 g/mol. The minimum absolute atomic E-state index is 0.0161. The lowest BCUT2D eigenvalue weighted by Crippen LogP contribution is -2.05. The standard InChI is InChI=1S/C41H30N10O12S4/c1-24-36(23-42)40(43-25-6-12-30(13-7-25)64(52,53)54)45-41(44-26-8-14-31(15-9-26)65(55,56)57)39(24)51-48-28-4-2-27(3-5-28)46-49-37-20-21-38(35-22-33(67(61,62)63)18-19-34(35)37)50-47-29-10-16-32(17-11-29)66(58,59)60/h2-22H,1H3,(H2,43,44,45)(H,52,53,54)(H,55,56,57)(H,58,59,60)(H,61,62,63). The van der Waals surface area contributed by atoms with E-state index in [-0.39, 0.29) is 60.0 Å². The van der Waals surface area contributed by atoms with Crippen LogP contribution in [0.15, 0.2) is 178 Å². The van der Waals surface area contributed by atoms with Crippen molar-refractivity contribution in [2.75, 3.05) is 10.6 Å². The second-order valence-corrected chi connectivity index (χ2v) is 19.6. The topological polar surface area (TPSA) is 352 Å². The van der Waals surface area contributed by atoms with Gasteiger partial charge in [0.25, 0.3) is 40.5 Å². The SMILES string of the molecule is Cc1c(C#N)c(Nc2ccc(S(=O)(=O)O)cc2)nc(Nc2ccc(S(=O)(=O)O)cc2)c1N=Nc1ccc(N=Nc2ccc(N=Nc3ccc(S(=O)(=O)O)cc3)c3cc(S(=O)(=O)O)ccc23)cc1. The van der Waals surface area contributed by atoms with Gasteiger partial charge in [-0.2, -0.15) is 54.3 Å². The van der Waals surface area contributed by atoms with Gasteiger partial charge < -0.3 is 10.6 Å². The highest BCUT2D eigenvalue weighted by molar-refractivity contribution is 7.86. The first-order chi connectivity index (χ1) is 31.6. The molecule has 0 amide bonds. The lowest BCUT2D eigenvalue weighted by molar-refractivity contribution is 0.481. The number of azo groups is 3. The van der Waals surface area contributed by atoms with E-state index in [4.69, 9.17) is 0 Å². The molecule has 0 spiro atoms. The maximum Gasteiger partial charge on any atom is 0.294 e. The van der Waals surface area contributed by atoms with E-state index in [1.165, 1.54) is 66.7 Å². The Balaban J connectivity index is 1.18. The summed E-state index contributed by atoms with van der Waals surface area (Å²) in [4.78, 5) is 3.04. The van der Waals surface area contributed by atoms with Crippen molar-refractivity contribution in [1.82, 2.24) is 4.98 Å². The van der Waals surface area contributed by atoms with Crippen LogP contribution in [0.1, 0.15) is 11.1 Å². The van der Waals surface area contributed by atoms with Gasteiger partial charge in [0.2, 0.25) is 0 Å². The number of benzene rings is 6. The number of aromatic nitrogens is 1. The van der Waals surface area contributed by atoms with Crippen LogP contribution >= 0.6 is 0 Å². The van der Waals surface area contributed by atoms with Crippen molar-refractivity contribution in [1.29, 1.82) is 5.26 Å². The van der Waals surface area contributed by atoms with Crippen molar-refractivity contribution in [3.63, 3.8) is 0 Å². The molecule has 1 heterocycles. The summed E-state index contributed by atoms with van der Waals surface area (Å²) in [7, 11) is -18.1. The van der Waals surface area contributed by atoms with Gasteiger partial charge in [0.15, 0.2) is 11.6 Å². The van der Waals surface area contributed by atoms with Crippen LogP contribution in [0.5, 0.6) is 0 Å². The van der Waals surface area contributed by atoms with Crippen LogP contribution in [0.25, 0.3) is 10.8 Å². The fourth-order valence-corrected chi connectivity index (χ4v) is 8.00. The summed E-state index contributed by atoms with van der Waals surface area (Å²) in [6.07, 6.45) is 0. The van der Waals surface area contributed by atoms with Gasteiger partial charge in [-0.15, -0.1) is 15.3 Å². The third-order valence-electron chi connectivity index (χ3n) is 9.39. The molecule has 340 valence electrons. The fourth-order valence-electron chi connectivity index (χ4n) is 6.06. The number of fused-ring (bicyclic) bond motifs is 1. The number of nitrogens with zero attached hydrogens (tertiary/aromatic N) is 8. The third-order valence-corrected chi connectivity index (χ3v) is 12.8. The van der Waals surface area contributed by atoms with Crippen LogP contribution in [-0.2, 0) is 40.5 Å². The molecule has 0 aliphatic carbocycles. The van der Waals surface area contributed by atoms with Crippen LogP contribution in [0.4, 0.5) is 57.1 Å². The average Bonchev–Trinajstić information content (AvgIpc) is 3.27. The van der Waals surface area contributed by atoms with E-state index in [2.05, 4.69) is 52.4 Å². The molecule has 1 aromatic heterocycles. The smallest absolute Gasteiger partial charge is 0.294 e. The molecule has 0 saturated heterocycles. The van der Waals surface area contributed by atoms with Gasteiger partial charge in [-0.1, -0.05) is 6.07 Å². The molecule has 0 aliphatic rings. The summed E-state index contributed by atoms with van der Waals surface area (Å²) in [6.45, 7) is 1.58. The number of rotatable bonds is 14. The molecule has 26 heteroatoms. The summed E-state index contributed by atoms with van der Waals surface area (Å²) >= 11 is 0. The fraction of sp³-hybridized carbons (Fsp3) is 0.0244. The molecule has 0 saturated carbocycles. The Labute approximate surface area is 381 Å². The first-order valence-corrected chi connectivity index (χ1v) is 24.4. The molecule has 22 nitrogen and oxygen atoms in total. The highest BCUT2D eigenvalue weighted by Crippen LogP contribution is 2.39. The second kappa shape index (κ2) is 18.6. The van der Waals surface area contributed by atoms with E-state index >= 15 is 0 Å². The number of nitriles is 1. The van der Waals surface area contributed by atoms with Gasteiger partial charge in [0.1, 0.15) is 11.8 Å². The zero-order valence-corrected chi connectivity index (χ0v) is 37.2. The molecule has 0 unspecified atom stereocenters. The van der Waals surface area contributed by atoms with Crippen LogP contribution in [0, 0.1) is 18.3 Å². The molecule has 6 aromatic carbocycles. The van der Waals surface area contributed by atoms with Crippen LogP contribution in [0.2, 0.25) is 0 Å². The number of nitrogens with one attached hydrogen (secondary N) is 2. The first kappa shape index (κ1) is 47.2. The summed E-state index contributed by atoms with van der Waals surface area (Å²) in [5.41, 5.74) is 2.31. The summed E-state index contributed by atoms with van der Waals surface area (Å²) in [5, 5.41) is 42.3. The van der Waals surface area contributed by atoms with Crippen LogP contribution < -0.4 is 10.6 Å². The minimum Gasteiger partial charge on any atom is -0.339 e. The summed E-state index contributed by atoms with van der Waals surface area (Å²) in [6, 6.07) is 29.9. The van der Waals surface area contributed by atoms with Gasteiger partial charge >= 0.3 is 0 Å². The Bertz CT molecular complexity index is 3680. The van der Waals surface area contributed by atoms with Gasteiger partial charge in [0.05, 0.1) is 53.6 Å². The average molecular weight is 983 g/mol. The van der Waals surface area contributed by atoms with E-state index in [0.29, 0.717) is 33.7 Å². The predicted octanol–water partition coefficient (Wildman–Crippen LogP) is 10.1. The Hall–Kier alpha value is -7.74. The number of hydrogen-bond acceptors (Lipinski definition) is 18. The molecule has 0 bridgehead atoms. The third kappa shape index (κ3) is 11.4. The van der Waals surface area contributed by atoms with Crippen molar-refractivity contribution in [3.8, 4) is 6.07 Å². The molecule has 6 N–H and O–H groups in total. The van der Waals surface area contributed by atoms with E-state index in [1.807, 2.05) is 0 Å². The molecule has 7 rings (SSSR count). The highest BCUT2D eigenvalue weighted by Gasteiger charge is 2.20. The molecule has 0 fully saturated rings. The maximum atomic E-state index is 12.0. The van der Waals surface area contributed by atoms with E-state index in [9.17, 15) is 57.1 Å². The molecule has 7 aromatic rings. The van der Waals surface area contributed by atoms with Gasteiger partial charge in [0, 0.05) is 27.7 Å². The molecule has 0 aliphatic heterocycles. The molecule has 0 atom stereocenters. The van der Waals surface area contributed by atoms with E-state index in [1.54, 1.807) is 31.2 Å². The second-order valence-electron chi connectivity index (χ2n) is 13.9. The monoisotopic (exact) mass is 982 g/mol. The van der Waals surface area contributed by atoms with Crippen LogP contribution in [0.3, 0.4) is 0 Å². The normalized spacial score (nSPS) is 12.5. The zero-order valence-electron chi connectivity index (χ0n) is 33.9. The molecule has 0 radical (unpaired) electrons. The lowest BCUT2D eigenvalue weighted by atomic mass is 10.1. The van der Waals surface area contributed by atoms with Crippen molar-refractivity contribution in [2.24, 2.45) is 30.7 Å². The zero-order chi connectivity index (χ0) is 48.3. The van der Waals surface area contributed by atoms with Gasteiger partial charge in [-0.05, 0) is 128 Å². The maximum absolute atomic E-state index is 12.0. The minimum atomic E-state index is -4.63. The van der Waals surface area contributed by atoms with Gasteiger partial charge in [-0.3, -0.25) is 18.2 Å². The number of hydrogen-bond donors (Lipinski definition) is 6. The number of pyridine rings is 1. The Morgan fingerprint density at radius 1 is 0.463 bits per heavy atom. The van der Waals surface area contributed by atoms with Crippen molar-refractivity contribution >= 4 is 108 Å². The van der Waals surface area contributed by atoms with Gasteiger partial charge in [-0.25, -0.2) is 4.98 Å². The first-order valence-electron chi connectivity index (χ1n) is 18.7. The lowest BCUT2D eigenvalue weighted by Gasteiger charge is -2.16. The number of anilines is 4.